The van der Waals surface area contributed by atoms with Gasteiger partial charge in [0.05, 0.1) is 0 Å². The lowest BCUT2D eigenvalue weighted by molar-refractivity contribution is -0.145. The predicted octanol–water partition coefficient (Wildman–Crippen LogP) is 0.366. The van der Waals surface area contributed by atoms with Crippen LogP contribution < -0.4 is 0 Å². The molecular weight excluding hydrogens is 248 g/mol. The van der Waals surface area contributed by atoms with E-state index >= 15 is 0 Å². The van der Waals surface area contributed by atoms with Gasteiger partial charge in [-0.05, 0) is 34.6 Å². The number of esters is 2. The number of likely N-dealkylation sites (N-methyl/N-ethyl adjacent to an activating group) is 2. The number of nitrogens with zero attached hydrogens (tertiary/aromatic N) is 2. The molecule has 0 aromatic carbocycles. The molecule has 19 heavy (non-hydrogen) atoms. The first-order valence-corrected chi connectivity index (χ1v) is 6.52. The third-order valence-electron chi connectivity index (χ3n) is 2.36. The van der Waals surface area contributed by atoms with E-state index in [2.05, 4.69) is 0 Å². The first-order valence-electron chi connectivity index (χ1n) is 6.52. The lowest BCUT2D eigenvalue weighted by Gasteiger charge is -2.10. The summed E-state index contributed by atoms with van der Waals surface area (Å²) in [4.78, 5) is 26.5. The Morgan fingerprint density at radius 3 is 1.47 bits per heavy atom. The maximum atomic E-state index is 11.3. The van der Waals surface area contributed by atoms with Crippen molar-refractivity contribution in [3.05, 3.63) is 0 Å². The average Bonchev–Trinajstić information content (AvgIpc) is 2.27. The minimum atomic E-state index is -0.261. The van der Waals surface area contributed by atoms with Crippen molar-refractivity contribution in [3.8, 4) is 0 Å². The molecule has 112 valence electrons. The van der Waals surface area contributed by atoms with Gasteiger partial charge in [-0.25, -0.2) is 0 Å². The third kappa shape index (κ3) is 13.1. The van der Waals surface area contributed by atoms with E-state index in [1.54, 1.807) is 0 Å². The Kier molecular flexibility index (Phi) is 10.1. The van der Waals surface area contributed by atoms with Crippen molar-refractivity contribution in [3.63, 3.8) is 0 Å². The second kappa shape index (κ2) is 10.8. The van der Waals surface area contributed by atoms with Gasteiger partial charge in [0.1, 0.15) is 13.2 Å². The topological polar surface area (TPSA) is 59.1 Å². The largest absolute Gasteiger partial charge is 0.464 e. The summed E-state index contributed by atoms with van der Waals surface area (Å²) in [6, 6.07) is 0. The molecule has 0 bridgehead atoms. The average molecular weight is 274 g/mol. The van der Waals surface area contributed by atoms with E-state index in [0.29, 0.717) is 32.7 Å². The van der Waals surface area contributed by atoms with E-state index in [1.165, 1.54) is 0 Å². The van der Waals surface area contributed by atoms with Crippen molar-refractivity contribution in [2.24, 2.45) is 0 Å². The molecule has 0 aliphatic carbocycles. The van der Waals surface area contributed by atoms with Gasteiger partial charge >= 0.3 is 11.9 Å². The van der Waals surface area contributed by atoms with Crippen molar-refractivity contribution in [2.75, 3.05) is 54.5 Å². The maximum Gasteiger partial charge on any atom is 0.305 e. The van der Waals surface area contributed by atoms with E-state index in [-0.39, 0.29) is 24.8 Å². The van der Waals surface area contributed by atoms with Crippen molar-refractivity contribution in [2.45, 2.75) is 19.3 Å². The molecule has 0 aliphatic heterocycles. The molecule has 0 spiro atoms. The highest BCUT2D eigenvalue weighted by molar-refractivity contribution is 5.72. The Balaban J connectivity index is 3.45. The molecule has 0 unspecified atom stereocenters. The number of hydrogen-bond acceptors (Lipinski definition) is 6. The SMILES string of the molecule is CN(C)CCOC(=O)CCCC(=O)OCCN(C)C. The summed E-state index contributed by atoms with van der Waals surface area (Å²) in [5, 5.41) is 0. The van der Waals surface area contributed by atoms with Crippen molar-refractivity contribution in [1.29, 1.82) is 0 Å². The third-order valence-corrected chi connectivity index (χ3v) is 2.36. The number of ether oxygens (including phenoxy) is 2. The molecule has 0 aromatic heterocycles. The van der Waals surface area contributed by atoms with Crippen LogP contribution in [-0.2, 0) is 19.1 Å². The predicted molar refractivity (Wildman–Crippen MR) is 72.9 cm³/mol. The summed E-state index contributed by atoms with van der Waals surface area (Å²) in [7, 11) is 7.66. The molecule has 0 aromatic rings. The second-order valence-corrected chi connectivity index (χ2v) is 4.90. The van der Waals surface area contributed by atoms with Gasteiger partial charge < -0.3 is 19.3 Å². The van der Waals surface area contributed by atoms with Gasteiger partial charge in [0.2, 0.25) is 0 Å². The number of hydrogen-bond donors (Lipinski definition) is 0. The molecule has 0 amide bonds. The summed E-state index contributed by atoms with van der Waals surface area (Å²) in [6.45, 7) is 2.19. The van der Waals surface area contributed by atoms with E-state index in [1.807, 2.05) is 38.0 Å². The summed E-state index contributed by atoms with van der Waals surface area (Å²) < 4.78 is 10.0. The zero-order chi connectivity index (χ0) is 14.7. The monoisotopic (exact) mass is 274 g/mol. The van der Waals surface area contributed by atoms with Crippen LogP contribution in [0.4, 0.5) is 0 Å². The van der Waals surface area contributed by atoms with Crippen LogP contribution in [0, 0.1) is 0 Å². The molecular formula is C13H26N2O4. The minimum Gasteiger partial charge on any atom is -0.464 e. The van der Waals surface area contributed by atoms with E-state index in [4.69, 9.17) is 9.47 Å². The van der Waals surface area contributed by atoms with E-state index in [0.717, 1.165) is 0 Å². The molecule has 0 fully saturated rings. The van der Waals surface area contributed by atoms with Gasteiger partial charge in [0, 0.05) is 25.9 Å². The van der Waals surface area contributed by atoms with Crippen molar-refractivity contribution in [1.82, 2.24) is 9.80 Å². The van der Waals surface area contributed by atoms with Crippen LogP contribution in [-0.4, -0.2) is 76.2 Å². The van der Waals surface area contributed by atoms with Crippen LogP contribution in [0.25, 0.3) is 0 Å². The van der Waals surface area contributed by atoms with E-state index in [9.17, 15) is 9.59 Å². The second-order valence-electron chi connectivity index (χ2n) is 4.90. The summed E-state index contributed by atoms with van der Waals surface area (Å²) in [6.07, 6.45) is 0.994. The molecule has 0 radical (unpaired) electrons. The highest BCUT2D eigenvalue weighted by Crippen LogP contribution is 2.00. The van der Waals surface area contributed by atoms with Crippen LogP contribution in [0.5, 0.6) is 0 Å². The Labute approximate surface area is 115 Å². The van der Waals surface area contributed by atoms with Crippen LogP contribution >= 0.6 is 0 Å². The summed E-state index contributed by atoms with van der Waals surface area (Å²) in [5.74, 6) is -0.522. The lowest BCUT2D eigenvalue weighted by Crippen LogP contribution is -2.21. The van der Waals surface area contributed by atoms with Crippen LogP contribution in [0.15, 0.2) is 0 Å². The van der Waals surface area contributed by atoms with Gasteiger partial charge in [-0.2, -0.15) is 0 Å². The normalized spacial score (nSPS) is 10.8. The highest BCUT2D eigenvalue weighted by Gasteiger charge is 2.07. The number of carbonyl (C=O) groups is 2. The minimum absolute atomic E-state index is 0.260. The summed E-state index contributed by atoms with van der Waals surface area (Å²) >= 11 is 0. The quantitative estimate of drug-likeness (QED) is 0.536. The van der Waals surface area contributed by atoms with Gasteiger partial charge in [-0.15, -0.1) is 0 Å². The number of rotatable bonds is 10. The molecule has 0 N–H and O–H groups in total. The molecule has 0 aliphatic rings. The van der Waals surface area contributed by atoms with Crippen LogP contribution in [0.1, 0.15) is 19.3 Å². The van der Waals surface area contributed by atoms with Crippen LogP contribution in [0.2, 0.25) is 0 Å². The fraction of sp³-hybridized carbons (Fsp3) is 0.846. The Hall–Kier alpha value is -1.14. The lowest BCUT2D eigenvalue weighted by atomic mass is 10.2. The molecule has 0 saturated carbocycles. The fourth-order valence-corrected chi connectivity index (χ4v) is 1.21. The maximum absolute atomic E-state index is 11.3. The van der Waals surface area contributed by atoms with Gasteiger partial charge in [0.25, 0.3) is 0 Å². The zero-order valence-electron chi connectivity index (χ0n) is 12.5. The Morgan fingerprint density at radius 2 is 1.16 bits per heavy atom. The molecule has 0 atom stereocenters. The Bertz CT molecular complexity index is 241. The Morgan fingerprint density at radius 1 is 0.789 bits per heavy atom. The number of carbonyl (C=O) groups excluding carboxylic acids is 2. The van der Waals surface area contributed by atoms with Gasteiger partial charge in [0.15, 0.2) is 0 Å². The van der Waals surface area contributed by atoms with E-state index < -0.39 is 0 Å². The van der Waals surface area contributed by atoms with Gasteiger partial charge in [-0.1, -0.05) is 0 Å². The highest BCUT2D eigenvalue weighted by atomic mass is 16.5. The fourth-order valence-electron chi connectivity index (χ4n) is 1.21. The molecule has 0 rings (SSSR count). The molecule has 6 heteroatoms. The zero-order valence-corrected chi connectivity index (χ0v) is 12.5. The van der Waals surface area contributed by atoms with Gasteiger partial charge in [-0.3, -0.25) is 9.59 Å². The van der Waals surface area contributed by atoms with Crippen LogP contribution in [0.3, 0.4) is 0 Å². The first-order chi connectivity index (χ1) is 8.91. The smallest absolute Gasteiger partial charge is 0.305 e. The molecule has 0 saturated heterocycles. The first kappa shape index (κ1) is 17.9. The summed E-state index contributed by atoms with van der Waals surface area (Å²) in [5.41, 5.74) is 0. The van der Waals surface area contributed by atoms with Crippen molar-refractivity contribution >= 4 is 11.9 Å². The van der Waals surface area contributed by atoms with Crippen molar-refractivity contribution < 1.29 is 19.1 Å². The standard InChI is InChI=1S/C13H26N2O4/c1-14(2)8-10-18-12(16)6-5-7-13(17)19-11-9-15(3)4/h5-11H2,1-4H3. The molecule has 0 heterocycles. The molecule has 6 nitrogen and oxygen atoms in total.